The average Bonchev–Trinajstić information content (AvgIpc) is 2.90. The average molecular weight is 298 g/mol. The first-order valence-electron chi connectivity index (χ1n) is 5.30. The van der Waals surface area contributed by atoms with Crippen molar-refractivity contribution in [1.82, 2.24) is 14.8 Å². The van der Waals surface area contributed by atoms with Crippen LogP contribution in [-0.2, 0) is 16.1 Å². The van der Waals surface area contributed by atoms with Crippen LogP contribution < -0.4 is 0 Å². The molecular formula is C11H8ClN3O3S. The molecule has 3 rings (SSSR count). The van der Waals surface area contributed by atoms with Crippen LogP contribution in [-0.4, -0.2) is 23.2 Å². The molecule has 0 spiro atoms. The summed E-state index contributed by atoms with van der Waals surface area (Å²) in [5, 5.41) is 7.95. The van der Waals surface area contributed by atoms with Gasteiger partial charge in [-0.05, 0) is 12.1 Å². The second-order valence-electron chi connectivity index (χ2n) is 3.95. The summed E-state index contributed by atoms with van der Waals surface area (Å²) in [5.41, 5.74) is 0.691. The summed E-state index contributed by atoms with van der Waals surface area (Å²) in [6.07, 6.45) is 0. The molecule has 98 valence electrons. The van der Waals surface area contributed by atoms with Gasteiger partial charge in [-0.15, -0.1) is 10.2 Å². The van der Waals surface area contributed by atoms with Gasteiger partial charge in [0, 0.05) is 23.1 Å². The van der Waals surface area contributed by atoms with E-state index in [-0.39, 0.29) is 5.16 Å². The fourth-order valence-corrected chi connectivity index (χ4v) is 2.79. The summed E-state index contributed by atoms with van der Waals surface area (Å²) in [7, 11) is 2.84. The van der Waals surface area contributed by atoms with Gasteiger partial charge in [-0.25, -0.2) is 8.42 Å². The first-order valence-corrected chi connectivity index (χ1v) is 7.61. The molecule has 0 aliphatic carbocycles. The van der Waals surface area contributed by atoms with Crippen LogP contribution in [0, 0.1) is 0 Å². The predicted molar refractivity (Wildman–Crippen MR) is 69.2 cm³/mol. The zero-order chi connectivity index (χ0) is 13.6. The molecule has 0 unspecified atom stereocenters. The molecule has 0 aliphatic heterocycles. The maximum Gasteiger partial charge on any atom is 0.296 e. The zero-order valence-corrected chi connectivity index (χ0v) is 11.3. The number of fused-ring (bicyclic) bond motifs is 1. The second kappa shape index (κ2) is 4.07. The minimum absolute atomic E-state index is 0.301. The van der Waals surface area contributed by atoms with Crippen LogP contribution in [0.15, 0.2) is 39.9 Å². The number of halogens is 1. The van der Waals surface area contributed by atoms with Crippen molar-refractivity contribution in [3.63, 3.8) is 0 Å². The number of hydrogen-bond donors (Lipinski definition) is 0. The molecule has 0 saturated heterocycles. The Balaban J connectivity index is 2.20. The van der Waals surface area contributed by atoms with Crippen LogP contribution in [0.2, 0.25) is 0 Å². The molecule has 3 aromatic rings. The smallest absolute Gasteiger partial charge is 0.296 e. The molecule has 8 heteroatoms. The second-order valence-corrected chi connectivity index (χ2v) is 6.41. The Morgan fingerprint density at radius 2 is 2.00 bits per heavy atom. The molecule has 19 heavy (non-hydrogen) atoms. The van der Waals surface area contributed by atoms with E-state index in [4.69, 9.17) is 15.1 Å². The Morgan fingerprint density at radius 3 is 2.63 bits per heavy atom. The van der Waals surface area contributed by atoms with Crippen molar-refractivity contribution < 1.29 is 12.8 Å². The molecule has 0 fully saturated rings. The molecule has 2 heterocycles. The van der Waals surface area contributed by atoms with E-state index in [2.05, 4.69) is 10.2 Å². The molecule has 2 aromatic heterocycles. The summed E-state index contributed by atoms with van der Waals surface area (Å²) in [5.74, 6) is 0.734. The summed E-state index contributed by atoms with van der Waals surface area (Å²) in [6, 6.07) is 9.20. The Kier molecular flexibility index (Phi) is 2.61. The van der Waals surface area contributed by atoms with Gasteiger partial charge in [-0.3, -0.25) is 4.57 Å². The van der Waals surface area contributed by atoms with Gasteiger partial charge < -0.3 is 4.42 Å². The lowest BCUT2D eigenvalue weighted by molar-refractivity contribution is 0.590. The maximum atomic E-state index is 11.3. The van der Waals surface area contributed by atoms with Gasteiger partial charge >= 0.3 is 0 Å². The van der Waals surface area contributed by atoms with Crippen LogP contribution in [0.1, 0.15) is 0 Å². The van der Waals surface area contributed by atoms with Gasteiger partial charge in [0.1, 0.15) is 5.58 Å². The summed E-state index contributed by atoms with van der Waals surface area (Å²) < 4.78 is 29.4. The number of rotatable bonds is 2. The highest BCUT2D eigenvalue weighted by Gasteiger charge is 2.22. The summed E-state index contributed by atoms with van der Waals surface area (Å²) in [6.45, 7) is 0. The van der Waals surface area contributed by atoms with Crippen molar-refractivity contribution in [2.75, 3.05) is 0 Å². The number of para-hydroxylation sites is 1. The van der Waals surface area contributed by atoms with Crippen molar-refractivity contribution in [3.8, 4) is 11.6 Å². The minimum atomic E-state index is -3.93. The molecule has 0 aliphatic rings. The Hall–Kier alpha value is -1.86. The van der Waals surface area contributed by atoms with Crippen LogP contribution in [0.3, 0.4) is 0 Å². The zero-order valence-electron chi connectivity index (χ0n) is 9.74. The molecule has 1 aromatic carbocycles. The normalized spacial score (nSPS) is 12.1. The highest BCUT2D eigenvalue weighted by atomic mass is 35.7. The predicted octanol–water partition coefficient (Wildman–Crippen LogP) is 2.16. The van der Waals surface area contributed by atoms with Gasteiger partial charge in [0.15, 0.2) is 11.6 Å². The third-order valence-corrected chi connectivity index (χ3v) is 3.90. The van der Waals surface area contributed by atoms with Gasteiger partial charge in [-0.1, -0.05) is 18.2 Å². The van der Waals surface area contributed by atoms with E-state index in [1.165, 1.54) is 11.6 Å². The first-order chi connectivity index (χ1) is 8.97. The van der Waals surface area contributed by atoms with Crippen molar-refractivity contribution in [2.24, 2.45) is 7.05 Å². The Bertz CT molecular complexity index is 833. The largest absolute Gasteiger partial charge is 0.453 e. The molecular weight excluding hydrogens is 290 g/mol. The van der Waals surface area contributed by atoms with Crippen LogP contribution in [0.4, 0.5) is 0 Å². The number of nitrogens with zero attached hydrogens (tertiary/aromatic N) is 3. The third-order valence-electron chi connectivity index (χ3n) is 2.70. The van der Waals surface area contributed by atoms with Crippen molar-refractivity contribution in [3.05, 3.63) is 30.3 Å². The molecule has 6 nitrogen and oxygen atoms in total. The maximum absolute atomic E-state index is 11.3. The summed E-state index contributed by atoms with van der Waals surface area (Å²) in [4.78, 5) is 0. The lowest BCUT2D eigenvalue weighted by atomic mass is 10.2. The van der Waals surface area contributed by atoms with E-state index in [0.29, 0.717) is 17.2 Å². The number of hydrogen-bond acceptors (Lipinski definition) is 5. The fourth-order valence-electron chi connectivity index (χ4n) is 1.83. The Labute approximate surface area is 113 Å². The van der Waals surface area contributed by atoms with E-state index < -0.39 is 9.05 Å². The highest BCUT2D eigenvalue weighted by Crippen LogP contribution is 2.27. The van der Waals surface area contributed by atoms with Crippen molar-refractivity contribution in [2.45, 2.75) is 5.16 Å². The van der Waals surface area contributed by atoms with Gasteiger partial charge in [0.2, 0.25) is 0 Å². The quantitative estimate of drug-likeness (QED) is 0.677. The van der Waals surface area contributed by atoms with E-state index in [1.807, 2.05) is 24.3 Å². The standard InChI is InChI=1S/C11H8ClN3O3S/c1-15-10(13-14-11(15)19(12,16)17)9-6-7-4-2-3-5-8(7)18-9/h2-6H,1H3. The molecule has 0 bridgehead atoms. The molecule has 0 saturated carbocycles. The first kappa shape index (κ1) is 12.2. The molecule has 0 amide bonds. The van der Waals surface area contributed by atoms with Crippen molar-refractivity contribution in [1.29, 1.82) is 0 Å². The Morgan fingerprint density at radius 1 is 1.26 bits per heavy atom. The van der Waals surface area contributed by atoms with Crippen molar-refractivity contribution >= 4 is 30.7 Å². The molecule has 0 radical (unpaired) electrons. The minimum Gasteiger partial charge on any atom is -0.453 e. The highest BCUT2D eigenvalue weighted by molar-refractivity contribution is 8.13. The van der Waals surface area contributed by atoms with Gasteiger partial charge in [-0.2, -0.15) is 0 Å². The van der Waals surface area contributed by atoms with Gasteiger partial charge in [0.05, 0.1) is 0 Å². The third kappa shape index (κ3) is 2.00. The lowest BCUT2D eigenvalue weighted by Gasteiger charge is -1.97. The van der Waals surface area contributed by atoms with E-state index in [0.717, 1.165) is 5.39 Å². The van der Waals surface area contributed by atoms with E-state index in [1.54, 1.807) is 6.07 Å². The monoisotopic (exact) mass is 297 g/mol. The van der Waals surface area contributed by atoms with Gasteiger partial charge in [0.25, 0.3) is 14.2 Å². The molecule has 0 atom stereocenters. The topological polar surface area (TPSA) is 78.0 Å². The van der Waals surface area contributed by atoms with Crippen LogP contribution in [0.5, 0.6) is 0 Å². The van der Waals surface area contributed by atoms with E-state index in [9.17, 15) is 8.42 Å². The van der Waals surface area contributed by atoms with E-state index >= 15 is 0 Å². The summed E-state index contributed by atoms with van der Waals surface area (Å²) >= 11 is 0. The van der Waals surface area contributed by atoms with Crippen LogP contribution >= 0.6 is 10.7 Å². The number of furan rings is 1. The lowest BCUT2D eigenvalue weighted by Crippen LogP contribution is -2.02. The fraction of sp³-hybridized carbons (Fsp3) is 0.0909. The molecule has 0 N–H and O–H groups in total. The SMILES string of the molecule is Cn1c(-c2cc3ccccc3o2)nnc1S(=O)(=O)Cl. The van der Waals surface area contributed by atoms with Crippen LogP contribution in [0.25, 0.3) is 22.6 Å². The number of benzene rings is 1. The number of aromatic nitrogens is 3.